The van der Waals surface area contributed by atoms with Gasteiger partial charge in [0.15, 0.2) is 12.2 Å². The molecule has 0 unspecified atom stereocenters. The summed E-state index contributed by atoms with van der Waals surface area (Å²) >= 11 is 16.6. The Balaban J connectivity index is 3.28. The molecule has 0 aromatic heterocycles. The topological polar surface area (TPSA) is 153 Å². The number of carbonyl (C=O) groups is 5. The van der Waals surface area contributed by atoms with Gasteiger partial charge in [0.25, 0.3) is 0 Å². The van der Waals surface area contributed by atoms with Crippen molar-refractivity contribution in [3.8, 4) is 0 Å². The van der Waals surface area contributed by atoms with Crippen molar-refractivity contribution in [3.05, 3.63) is 0 Å². The second-order valence-corrected chi connectivity index (χ2v) is 8.98. The summed E-state index contributed by atoms with van der Waals surface area (Å²) in [6.45, 7) is 3.22. The van der Waals surface area contributed by atoms with Gasteiger partial charge in [-0.1, -0.05) is 34.8 Å². The van der Waals surface area contributed by atoms with Crippen LogP contribution in [0.5, 0.6) is 0 Å². The first-order valence-electron chi connectivity index (χ1n) is 9.00. The van der Waals surface area contributed by atoms with E-state index in [1.54, 1.807) is 0 Å². The molecule has 0 aliphatic carbocycles. The first kappa shape index (κ1) is 28.0. The van der Waals surface area contributed by atoms with Gasteiger partial charge in [0.05, 0.1) is 0 Å². The number of ether oxygens (including phenoxy) is 6. The van der Waals surface area contributed by atoms with Gasteiger partial charge in [0.2, 0.25) is 10.1 Å². The number of hydrogen-bond donors (Lipinski definition) is 1. The van der Waals surface area contributed by atoms with Crippen molar-refractivity contribution >= 4 is 64.8 Å². The molecule has 12 nitrogen and oxygen atoms in total. The Kier molecular flexibility index (Phi) is 10.8. The Bertz CT molecular complexity index is 727. The Morgan fingerprint density at radius 1 is 0.812 bits per heavy atom. The fraction of sp³-hybridized carbons (Fsp3) is 0.706. The zero-order valence-corrected chi connectivity index (χ0v) is 19.7. The predicted octanol–water partition coefficient (Wildman–Crippen LogP) is 1.17. The summed E-state index contributed by atoms with van der Waals surface area (Å²) in [4.78, 5) is 58.4. The van der Waals surface area contributed by atoms with Gasteiger partial charge in [-0.3, -0.25) is 19.2 Å². The Morgan fingerprint density at radius 2 is 1.34 bits per heavy atom. The van der Waals surface area contributed by atoms with Crippen LogP contribution in [-0.4, -0.2) is 77.6 Å². The molecule has 1 amide bonds. The van der Waals surface area contributed by atoms with Crippen molar-refractivity contribution in [3.63, 3.8) is 0 Å². The number of rotatable bonds is 7. The van der Waals surface area contributed by atoms with Gasteiger partial charge in [-0.05, 0) is 0 Å². The minimum atomic E-state index is -1.92. The molecule has 1 N–H and O–H groups in total. The van der Waals surface area contributed by atoms with Crippen LogP contribution in [0.4, 0.5) is 4.79 Å². The van der Waals surface area contributed by atoms with E-state index in [-0.39, 0.29) is 0 Å². The predicted molar refractivity (Wildman–Crippen MR) is 107 cm³/mol. The first-order valence-corrected chi connectivity index (χ1v) is 10.1. The standard InChI is InChI=1S/C17H22Cl3NO11/c1-7(22)27-5-11-13(29-8(2)23)14(30-9(3)24)12(15(32-11)31-10(4)25)21-16(26)28-6-17(18,19)20/h11-15H,5-6H2,1-4H3,(H,21,26)/t11-,12-,13-,14-,15+/m1/s1. The van der Waals surface area contributed by atoms with Crippen molar-refractivity contribution in [2.45, 2.75) is 62.1 Å². The molecule has 0 aromatic carbocycles. The number of amides is 1. The van der Waals surface area contributed by atoms with Gasteiger partial charge in [0.1, 0.15) is 25.4 Å². The van der Waals surface area contributed by atoms with Gasteiger partial charge >= 0.3 is 30.0 Å². The van der Waals surface area contributed by atoms with Crippen molar-refractivity contribution < 1.29 is 52.4 Å². The second-order valence-electron chi connectivity index (χ2n) is 6.46. The van der Waals surface area contributed by atoms with E-state index in [9.17, 15) is 24.0 Å². The molecule has 32 heavy (non-hydrogen) atoms. The van der Waals surface area contributed by atoms with Gasteiger partial charge in [-0.2, -0.15) is 0 Å². The molecular formula is C17H22Cl3NO11. The molecule has 182 valence electrons. The highest BCUT2D eigenvalue weighted by atomic mass is 35.6. The van der Waals surface area contributed by atoms with Crippen LogP contribution in [0.15, 0.2) is 0 Å². The Hall–Kier alpha value is -2.02. The zero-order chi connectivity index (χ0) is 24.6. The van der Waals surface area contributed by atoms with E-state index < -0.39 is 77.6 Å². The van der Waals surface area contributed by atoms with Crippen molar-refractivity contribution in [2.24, 2.45) is 0 Å². The number of esters is 4. The quantitative estimate of drug-likeness (QED) is 0.291. The van der Waals surface area contributed by atoms with E-state index in [1.807, 2.05) is 0 Å². The molecule has 1 aliphatic rings. The largest absolute Gasteiger partial charge is 0.463 e. The first-order chi connectivity index (χ1) is 14.7. The van der Waals surface area contributed by atoms with Gasteiger partial charge in [-0.25, -0.2) is 4.79 Å². The van der Waals surface area contributed by atoms with Crippen LogP contribution < -0.4 is 5.32 Å². The summed E-state index contributed by atoms with van der Waals surface area (Å²) in [7, 11) is 0. The molecule has 0 saturated carbocycles. The molecule has 1 heterocycles. The van der Waals surface area contributed by atoms with Crippen LogP contribution >= 0.6 is 34.8 Å². The van der Waals surface area contributed by atoms with E-state index in [0.29, 0.717) is 0 Å². The van der Waals surface area contributed by atoms with E-state index in [4.69, 9.17) is 63.2 Å². The maximum Gasteiger partial charge on any atom is 0.407 e. The summed E-state index contributed by atoms with van der Waals surface area (Å²) in [6, 6.07) is -1.43. The van der Waals surface area contributed by atoms with Crippen LogP contribution in [0.1, 0.15) is 27.7 Å². The van der Waals surface area contributed by atoms with Crippen LogP contribution in [0, 0.1) is 0 Å². The minimum absolute atomic E-state index is 0.451. The Labute approximate surface area is 198 Å². The molecule has 1 fully saturated rings. The zero-order valence-electron chi connectivity index (χ0n) is 17.4. The average molecular weight is 523 g/mol. The summed E-state index contributed by atoms with van der Waals surface area (Å²) in [6.07, 6.45) is -6.77. The monoisotopic (exact) mass is 521 g/mol. The lowest BCUT2D eigenvalue weighted by atomic mass is 9.96. The maximum atomic E-state index is 12.2. The van der Waals surface area contributed by atoms with E-state index in [1.165, 1.54) is 0 Å². The highest BCUT2D eigenvalue weighted by Gasteiger charge is 2.52. The van der Waals surface area contributed by atoms with Gasteiger partial charge in [-0.15, -0.1) is 0 Å². The molecule has 1 aliphatic heterocycles. The number of hydrogen-bond acceptors (Lipinski definition) is 11. The smallest absolute Gasteiger partial charge is 0.407 e. The van der Waals surface area contributed by atoms with Gasteiger partial charge in [0, 0.05) is 27.7 Å². The molecule has 1 rings (SSSR count). The third kappa shape index (κ3) is 10.1. The highest BCUT2D eigenvalue weighted by Crippen LogP contribution is 2.29. The third-order valence-electron chi connectivity index (χ3n) is 3.63. The van der Waals surface area contributed by atoms with Crippen LogP contribution in [0.2, 0.25) is 0 Å². The molecule has 0 aromatic rings. The van der Waals surface area contributed by atoms with Crippen molar-refractivity contribution in [1.82, 2.24) is 5.32 Å². The summed E-state index contributed by atoms with van der Waals surface area (Å²) < 4.78 is 28.9. The van der Waals surface area contributed by atoms with Crippen LogP contribution in [-0.2, 0) is 47.6 Å². The summed E-state index contributed by atoms with van der Waals surface area (Å²) in [5.41, 5.74) is 0. The van der Waals surface area contributed by atoms with Gasteiger partial charge < -0.3 is 33.7 Å². The summed E-state index contributed by atoms with van der Waals surface area (Å²) in [5, 5.41) is 2.28. The molecule has 15 heteroatoms. The molecule has 0 bridgehead atoms. The van der Waals surface area contributed by atoms with E-state index >= 15 is 0 Å². The number of alkyl carbamates (subject to hydrolysis) is 1. The molecule has 0 spiro atoms. The van der Waals surface area contributed by atoms with Crippen LogP contribution in [0.3, 0.4) is 0 Å². The number of halogens is 3. The lowest BCUT2D eigenvalue weighted by Crippen LogP contribution is -2.67. The molecular weight excluding hydrogens is 501 g/mol. The number of nitrogens with one attached hydrogen (secondary N) is 1. The molecule has 0 radical (unpaired) electrons. The van der Waals surface area contributed by atoms with E-state index in [0.717, 1.165) is 27.7 Å². The second kappa shape index (κ2) is 12.3. The SMILES string of the molecule is CC(=O)OC[C@H]1O[C@H](OC(C)=O)[C@H](NC(=O)OCC(Cl)(Cl)Cl)[C@@H](OC(C)=O)[C@@H]1OC(C)=O. The van der Waals surface area contributed by atoms with Crippen molar-refractivity contribution in [1.29, 1.82) is 0 Å². The lowest BCUT2D eigenvalue weighted by Gasteiger charge is -2.44. The average Bonchev–Trinajstić information content (AvgIpc) is 2.61. The fourth-order valence-electron chi connectivity index (χ4n) is 2.65. The van der Waals surface area contributed by atoms with Crippen molar-refractivity contribution in [2.75, 3.05) is 13.2 Å². The normalized spacial score (nSPS) is 25.2. The number of carbonyl (C=O) groups excluding carboxylic acids is 5. The fourth-order valence-corrected chi connectivity index (χ4v) is 2.81. The number of alkyl halides is 3. The summed E-state index contributed by atoms with van der Waals surface area (Å²) in [5.74, 6) is -3.13. The highest BCUT2D eigenvalue weighted by molar-refractivity contribution is 6.67. The molecule has 5 atom stereocenters. The Morgan fingerprint density at radius 3 is 1.81 bits per heavy atom. The lowest BCUT2D eigenvalue weighted by molar-refractivity contribution is -0.270. The third-order valence-corrected chi connectivity index (χ3v) is 3.96. The maximum absolute atomic E-state index is 12.2. The van der Waals surface area contributed by atoms with E-state index in [2.05, 4.69) is 5.32 Å². The minimum Gasteiger partial charge on any atom is -0.463 e. The van der Waals surface area contributed by atoms with Crippen LogP contribution in [0.25, 0.3) is 0 Å². The molecule has 1 saturated heterocycles.